The summed E-state index contributed by atoms with van der Waals surface area (Å²) in [5.74, 6) is 0.142. The lowest BCUT2D eigenvalue weighted by Gasteiger charge is -2.08. The molecule has 0 spiro atoms. The van der Waals surface area contributed by atoms with Crippen LogP contribution in [0.15, 0.2) is 36.9 Å². The van der Waals surface area contributed by atoms with Crippen molar-refractivity contribution < 1.29 is 4.39 Å². The van der Waals surface area contributed by atoms with E-state index in [1.165, 1.54) is 12.4 Å². The van der Waals surface area contributed by atoms with E-state index in [0.717, 1.165) is 5.56 Å². The van der Waals surface area contributed by atoms with Crippen LogP contribution in [-0.2, 0) is 0 Å². The highest BCUT2D eigenvalue weighted by Gasteiger charge is 2.08. The third-order valence-electron chi connectivity index (χ3n) is 2.53. The maximum absolute atomic E-state index is 13.7. The van der Waals surface area contributed by atoms with E-state index in [0.29, 0.717) is 17.0 Å². The molecule has 0 aliphatic heterocycles. The Kier molecular flexibility index (Phi) is 2.95. The fourth-order valence-electron chi connectivity index (χ4n) is 1.56. The van der Waals surface area contributed by atoms with E-state index in [2.05, 4.69) is 23.8 Å². The van der Waals surface area contributed by atoms with Crippen molar-refractivity contribution >= 4 is 0 Å². The summed E-state index contributed by atoms with van der Waals surface area (Å²) < 4.78 is 13.7. The topological polar surface area (TPSA) is 25.8 Å². The number of rotatable bonds is 2. The molecule has 0 bridgehead atoms. The Morgan fingerprint density at radius 1 is 1.12 bits per heavy atom. The zero-order chi connectivity index (χ0) is 11.5. The van der Waals surface area contributed by atoms with E-state index in [-0.39, 0.29) is 5.82 Å². The first-order valence-electron chi connectivity index (χ1n) is 5.23. The van der Waals surface area contributed by atoms with E-state index in [1.54, 1.807) is 12.4 Å². The summed E-state index contributed by atoms with van der Waals surface area (Å²) in [6.07, 6.45) is 4.68. The molecular formula is C13H13FN2. The first-order valence-corrected chi connectivity index (χ1v) is 5.23. The Morgan fingerprint density at radius 2 is 1.81 bits per heavy atom. The van der Waals surface area contributed by atoms with Gasteiger partial charge in [0.25, 0.3) is 0 Å². The summed E-state index contributed by atoms with van der Waals surface area (Å²) >= 11 is 0. The number of aromatic nitrogens is 2. The molecule has 0 saturated heterocycles. The lowest BCUT2D eigenvalue weighted by molar-refractivity contribution is 0.629. The Labute approximate surface area is 94.2 Å². The van der Waals surface area contributed by atoms with Gasteiger partial charge < -0.3 is 0 Å². The highest BCUT2D eigenvalue weighted by Crippen LogP contribution is 2.25. The predicted molar refractivity (Wildman–Crippen MR) is 61.5 cm³/mol. The number of hydrogen-bond acceptors (Lipinski definition) is 2. The van der Waals surface area contributed by atoms with Crippen LogP contribution in [-0.4, -0.2) is 9.97 Å². The standard InChI is InChI=1S/C13H13FN2/c1-9(2)10-3-4-13(14)12(5-10)11-6-15-8-16-7-11/h3-9H,1-2H3. The SMILES string of the molecule is CC(C)c1ccc(F)c(-c2cncnc2)c1. The Hall–Kier alpha value is -1.77. The summed E-state index contributed by atoms with van der Waals surface area (Å²) in [7, 11) is 0. The smallest absolute Gasteiger partial charge is 0.131 e. The minimum Gasteiger partial charge on any atom is -0.244 e. The van der Waals surface area contributed by atoms with Crippen molar-refractivity contribution in [2.45, 2.75) is 19.8 Å². The fraction of sp³-hybridized carbons (Fsp3) is 0.231. The van der Waals surface area contributed by atoms with Crippen molar-refractivity contribution in [2.75, 3.05) is 0 Å². The Morgan fingerprint density at radius 3 is 2.44 bits per heavy atom. The van der Waals surface area contributed by atoms with Gasteiger partial charge in [0.15, 0.2) is 0 Å². The summed E-state index contributed by atoms with van der Waals surface area (Å²) in [4.78, 5) is 7.80. The van der Waals surface area contributed by atoms with Gasteiger partial charge in [0.1, 0.15) is 12.1 Å². The van der Waals surface area contributed by atoms with Gasteiger partial charge in [-0.2, -0.15) is 0 Å². The number of hydrogen-bond donors (Lipinski definition) is 0. The largest absolute Gasteiger partial charge is 0.244 e. The van der Waals surface area contributed by atoms with Crippen molar-refractivity contribution in [2.24, 2.45) is 0 Å². The zero-order valence-corrected chi connectivity index (χ0v) is 9.31. The van der Waals surface area contributed by atoms with Crippen LogP contribution in [0.2, 0.25) is 0 Å². The molecule has 0 radical (unpaired) electrons. The molecule has 0 N–H and O–H groups in total. The first-order chi connectivity index (χ1) is 7.68. The van der Waals surface area contributed by atoms with Crippen molar-refractivity contribution in [1.29, 1.82) is 0 Å². The van der Waals surface area contributed by atoms with Crippen LogP contribution in [0.3, 0.4) is 0 Å². The van der Waals surface area contributed by atoms with Gasteiger partial charge in [-0.1, -0.05) is 19.9 Å². The molecule has 3 heteroatoms. The molecule has 82 valence electrons. The third kappa shape index (κ3) is 2.08. The second-order valence-corrected chi connectivity index (χ2v) is 4.02. The summed E-state index contributed by atoms with van der Waals surface area (Å²) in [6, 6.07) is 5.17. The molecule has 2 nitrogen and oxygen atoms in total. The van der Waals surface area contributed by atoms with Crippen molar-refractivity contribution in [3.05, 3.63) is 48.3 Å². The predicted octanol–water partition coefficient (Wildman–Crippen LogP) is 3.41. The average molecular weight is 216 g/mol. The van der Waals surface area contributed by atoms with Crippen LogP contribution in [0.25, 0.3) is 11.1 Å². The van der Waals surface area contributed by atoms with E-state index >= 15 is 0 Å². The first kappa shape index (κ1) is 10.7. The molecule has 0 aliphatic rings. The molecular weight excluding hydrogens is 203 g/mol. The lowest BCUT2D eigenvalue weighted by Crippen LogP contribution is -1.92. The Bertz CT molecular complexity index is 481. The molecule has 0 saturated carbocycles. The fourth-order valence-corrected chi connectivity index (χ4v) is 1.56. The van der Waals surface area contributed by atoms with Crippen molar-refractivity contribution in [3.63, 3.8) is 0 Å². The van der Waals surface area contributed by atoms with Crippen LogP contribution >= 0.6 is 0 Å². The van der Waals surface area contributed by atoms with Gasteiger partial charge in [0.05, 0.1) is 0 Å². The van der Waals surface area contributed by atoms with Gasteiger partial charge in [0, 0.05) is 23.5 Å². The van der Waals surface area contributed by atoms with Crippen LogP contribution < -0.4 is 0 Å². The molecule has 1 aromatic carbocycles. The van der Waals surface area contributed by atoms with Crippen LogP contribution in [0.1, 0.15) is 25.3 Å². The third-order valence-corrected chi connectivity index (χ3v) is 2.53. The van der Waals surface area contributed by atoms with E-state index < -0.39 is 0 Å². The maximum Gasteiger partial charge on any atom is 0.131 e. The summed E-state index contributed by atoms with van der Waals surface area (Å²) in [6.45, 7) is 4.16. The van der Waals surface area contributed by atoms with Gasteiger partial charge in [0.2, 0.25) is 0 Å². The molecule has 1 heterocycles. The normalized spacial score (nSPS) is 10.8. The molecule has 1 aromatic heterocycles. The summed E-state index contributed by atoms with van der Waals surface area (Å²) in [5.41, 5.74) is 2.38. The van der Waals surface area contributed by atoms with E-state index in [4.69, 9.17) is 0 Å². The van der Waals surface area contributed by atoms with Gasteiger partial charge in [-0.3, -0.25) is 0 Å². The molecule has 0 aliphatic carbocycles. The molecule has 0 fully saturated rings. The molecule has 0 unspecified atom stereocenters. The average Bonchev–Trinajstić information content (AvgIpc) is 2.30. The molecule has 16 heavy (non-hydrogen) atoms. The van der Waals surface area contributed by atoms with E-state index in [9.17, 15) is 4.39 Å². The number of nitrogens with zero attached hydrogens (tertiary/aromatic N) is 2. The lowest BCUT2D eigenvalue weighted by atomic mass is 9.98. The van der Waals surface area contributed by atoms with Crippen molar-refractivity contribution in [1.82, 2.24) is 9.97 Å². The maximum atomic E-state index is 13.7. The minimum absolute atomic E-state index is 0.237. The number of benzene rings is 1. The van der Waals surface area contributed by atoms with Crippen LogP contribution in [0.5, 0.6) is 0 Å². The molecule has 2 aromatic rings. The van der Waals surface area contributed by atoms with Gasteiger partial charge >= 0.3 is 0 Å². The van der Waals surface area contributed by atoms with Crippen LogP contribution in [0.4, 0.5) is 4.39 Å². The molecule has 2 rings (SSSR count). The number of halogens is 1. The van der Waals surface area contributed by atoms with Gasteiger partial charge in [-0.25, -0.2) is 14.4 Å². The Balaban J connectivity index is 2.52. The summed E-state index contributed by atoms with van der Waals surface area (Å²) in [5, 5.41) is 0. The zero-order valence-electron chi connectivity index (χ0n) is 9.31. The van der Waals surface area contributed by atoms with Gasteiger partial charge in [-0.05, 0) is 23.6 Å². The second kappa shape index (κ2) is 4.39. The quantitative estimate of drug-likeness (QED) is 0.768. The molecule has 0 amide bonds. The van der Waals surface area contributed by atoms with E-state index in [1.807, 2.05) is 12.1 Å². The highest BCUT2D eigenvalue weighted by molar-refractivity contribution is 5.63. The second-order valence-electron chi connectivity index (χ2n) is 4.02. The van der Waals surface area contributed by atoms with Crippen LogP contribution in [0, 0.1) is 5.82 Å². The minimum atomic E-state index is -0.237. The highest BCUT2D eigenvalue weighted by atomic mass is 19.1. The monoisotopic (exact) mass is 216 g/mol. The van der Waals surface area contributed by atoms with Gasteiger partial charge in [-0.15, -0.1) is 0 Å². The van der Waals surface area contributed by atoms with Crippen molar-refractivity contribution in [3.8, 4) is 11.1 Å². The molecule has 0 atom stereocenters.